The minimum absolute atomic E-state index is 0.0706. The van der Waals surface area contributed by atoms with Crippen molar-refractivity contribution in [3.8, 4) is 0 Å². The fraction of sp³-hybridized carbons (Fsp3) is 0.462. The summed E-state index contributed by atoms with van der Waals surface area (Å²) < 4.78 is 36.8. The summed E-state index contributed by atoms with van der Waals surface area (Å²) in [5, 5.41) is 0. The van der Waals surface area contributed by atoms with E-state index >= 15 is 0 Å². The first-order valence-corrected chi connectivity index (χ1v) is 6.67. The van der Waals surface area contributed by atoms with Gasteiger partial charge in [-0.25, -0.2) is 0 Å². The molecular formula is C13H13F3OS. The number of thioether (sulfide) groups is 1. The highest BCUT2D eigenvalue weighted by atomic mass is 32.2. The number of halogens is 3. The molecule has 1 aromatic carbocycles. The van der Waals surface area contributed by atoms with Gasteiger partial charge in [-0.15, -0.1) is 11.8 Å². The van der Waals surface area contributed by atoms with Gasteiger partial charge in [0.2, 0.25) is 0 Å². The zero-order valence-corrected chi connectivity index (χ0v) is 10.7. The Bertz CT molecular complexity index is 444. The van der Waals surface area contributed by atoms with E-state index in [0.717, 1.165) is 30.7 Å². The highest BCUT2D eigenvalue weighted by molar-refractivity contribution is 8.01. The molecule has 98 valence electrons. The van der Waals surface area contributed by atoms with Crippen LogP contribution in [0.5, 0.6) is 0 Å². The zero-order valence-electron chi connectivity index (χ0n) is 9.88. The van der Waals surface area contributed by atoms with Crippen LogP contribution in [0.4, 0.5) is 13.2 Å². The number of benzene rings is 1. The van der Waals surface area contributed by atoms with Gasteiger partial charge < -0.3 is 0 Å². The van der Waals surface area contributed by atoms with Crippen molar-refractivity contribution in [3.63, 3.8) is 0 Å². The van der Waals surface area contributed by atoms with Crippen molar-refractivity contribution in [1.29, 1.82) is 0 Å². The smallest absolute Gasteiger partial charge is 0.293 e. The molecule has 18 heavy (non-hydrogen) atoms. The second kappa shape index (κ2) is 4.61. The molecule has 1 aliphatic heterocycles. The minimum atomic E-state index is -4.35. The molecule has 0 spiro atoms. The predicted molar refractivity (Wildman–Crippen MR) is 65.9 cm³/mol. The fourth-order valence-corrected chi connectivity index (χ4v) is 3.35. The summed E-state index contributed by atoms with van der Waals surface area (Å²) in [7, 11) is 0. The highest BCUT2D eigenvalue weighted by Crippen LogP contribution is 2.40. The van der Waals surface area contributed by atoms with E-state index in [0.29, 0.717) is 5.56 Å². The van der Waals surface area contributed by atoms with Crippen LogP contribution in [0.25, 0.3) is 0 Å². The Kier molecular flexibility index (Phi) is 3.45. The van der Waals surface area contributed by atoms with Gasteiger partial charge in [0.05, 0.1) is 10.3 Å². The van der Waals surface area contributed by atoms with Crippen LogP contribution >= 0.6 is 11.8 Å². The van der Waals surface area contributed by atoms with Crippen LogP contribution in [0, 0.1) is 0 Å². The SMILES string of the molecule is CC1(C(=O)c2ccc(C(F)(F)F)cc2)CCCS1. The molecule has 0 aliphatic carbocycles. The molecule has 1 aromatic rings. The Morgan fingerprint density at radius 3 is 2.33 bits per heavy atom. The topological polar surface area (TPSA) is 17.1 Å². The van der Waals surface area contributed by atoms with Gasteiger partial charge >= 0.3 is 6.18 Å². The summed E-state index contributed by atoms with van der Waals surface area (Å²) in [6.07, 6.45) is -2.58. The average Bonchev–Trinajstić information content (AvgIpc) is 2.75. The maximum absolute atomic E-state index is 12.4. The van der Waals surface area contributed by atoms with Crippen LogP contribution in [-0.2, 0) is 6.18 Å². The maximum Gasteiger partial charge on any atom is 0.416 e. The number of hydrogen-bond acceptors (Lipinski definition) is 2. The number of carbonyl (C=O) groups excluding carboxylic acids is 1. The van der Waals surface area contributed by atoms with E-state index in [-0.39, 0.29) is 5.78 Å². The molecule has 1 aliphatic rings. The summed E-state index contributed by atoms with van der Waals surface area (Å²) >= 11 is 1.59. The van der Waals surface area contributed by atoms with Crippen LogP contribution in [0.2, 0.25) is 0 Å². The molecular weight excluding hydrogens is 261 g/mol. The van der Waals surface area contributed by atoms with Gasteiger partial charge in [-0.2, -0.15) is 13.2 Å². The monoisotopic (exact) mass is 274 g/mol. The molecule has 0 N–H and O–H groups in total. The summed E-state index contributed by atoms with van der Waals surface area (Å²) in [6, 6.07) is 4.48. The van der Waals surface area contributed by atoms with Gasteiger partial charge in [-0.1, -0.05) is 12.1 Å². The number of rotatable bonds is 2. The van der Waals surface area contributed by atoms with E-state index in [9.17, 15) is 18.0 Å². The van der Waals surface area contributed by atoms with Crippen molar-refractivity contribution in [2.24, 2.45) is 0 Å². The Morgan fingerprint density at radius 2 is 1.89 bits per heavy atom. The van der Waals surface area contributed by atoms with Crippen molar-refractivity contribution in [2.45, 2.75) is 30.7 Å². The lowest BCUT2D eigenvalue weighted by atomic mass is 9.94. The first kappa shape index (κ1) is 13.5. The van der Waals surface area contributed by atoms with Crippen molar-refractivity contribution >= 4 is 17.5 Å². The quantitative estimate of drug-likeness (QED) is 0.753. The summed E-state index contributed by atoms with van der Waals surface area (Å²) in [4.78, 5) is 12.2. The molecule has 0 saturated carbocycles. The summed E-state index contributed by atoms with van der Waals surface area (Å²) in [6.45, 7) is 1.87. The first-order valence-electron chi connectivity index (χ1n) is 5.69. The van der Waals surface area contributed by atoms with E-state index in [1.165, 1.54) is 12.1 Å². The van der Waals surface area contributed by atoms with Crippen molar-refractivity contribution < 1.29 is 18.0 Å². The van der Waals surface area contributed by atoms with Crippen LogP contribution < -0.4 is 0 Å². The maximum atomic E-state index is 12.4. The fourth-order valence-electron chi connectivity index (χ4n) is 2.07. The Balaban J connectivity index is 2.22. The molecule has 0 bridgehead atoms. The van der Waals surface area contributed by atoms with E-state index in [1.807, 2.05) is 6.92 Å². The number of Topliss-reactive ketones (excluding diaryl/α,β-unsaturated/α-hetero) is 1. The van der Waals surface area contributed by atoms with E-state index in [1.54, 1.807) is 11.8 Å². The van der Waals surface area contributed by atoms with Crippen LogP contribution in [0.15, 0.2) is 24.3 Å². The molecule has 1 atom stereocenters. The number of carbonyl (C=O) groups is 1. The van der Waals surface area contributed by atoms with Gasteiger partial charge in [-0.3, -0.25) is 4.79 Å². The Labute approximate surface area is 108 Å². The number of ketones is 1. The molecule has 1 nitrogen and oxygen atoms in total. The molecule has 1 heterocycles. The standard InChI is InChI=1S/C13H13F3OS/c1-12(7-2-8-18-12)11(17)9-3-5-10(6-4-9)13(14,15)16/h3-6H,2,7-8H2,1H3. The van der Waals surface area contributed by atoms with Crippen LogP contribution in [0.3, 0.4) is 0 Å². The molecule has 0 amide bonds. The van der Waals surface area contributed by atoms with Gasteiger partial charge in [0.1, 0.15) is 0 Å². The highest BCUT2D eigenvalue weighted by Gasteiger charge is 2.38. The van der Waals surface area contributed by atoms with E-state index < -0.39 is 16.5 Å². The number of alkyl halides is 3. The van der Waals surface area contributed by atoms with Crippen LogP contribution in [-0.4, -0.2) is 16.3 Å². The molecule has 1 saturated heterocycles. The molecule has 0 radical (unpaired) electrons. The predicted octanol–water partition coefficient (Wildman–Crippen LogP) is 4.17. The lowest BCUT2D eigenvalue weighted by molar-refractivity contribution is -0.137. The lowest BCUT2D eigenvalue weighted by Crippen LogP contribution is -2.28. The zero-order chi connectivity index (χ0) is 13.4. The van der Waals surface area contributed by atoms with Gasteiger partial charge in [0.15, 0.2) is 5.78 Å². The molecule has 5 heteroatoms. The van der Waals surface area contributed by atoms with Gasteiger partial charge in [-0.05, 0) is 37.7 Å². The normalized spacial score (nSPS) is 24.2. The Hall–Kier alpha value is -0.970. The largest absolute Gasteiger partial charge is 0.416 e. The van der Waals surface area contributed by atoms with Gasteiger partial charge in [0, 0.05) is 5.56 Å². The third-order valence-corrected chi connectivity index (χ3v) is 4.69. The molecule has 1 fully saturated rings. The average molecular weight is 274 g/mol. The van der Waals surface area contributed by atoms with E-state index in [2.05, 4.69) is 0 Å². The van der Waals surface area contributed by atoms with Crippen molar-refractivity contribution in [1.82, 2.24) is 0 Å². The third-order valence-electron chi connectivity index (χ3n) is 3.17. The molecule has 0 aromatic heterocycles. The van der Waals surface area contributed by atoms with Crippen molar-refractivity contribution in [3.05, 3.63) is 35.4 Å². The van der Waals surface area contributed by atoms with Crippen molar-refractivity contribution in [2.75, 3.05) is 5.75 Å². The van der Waals surface area contributed by atoms with Gasteiger partial charge in [0.25, 0.3) is 0 Å². The molecule has 2 rings (SSSR count). The summed E-state index contributed by atoms with van der Waals surface area (Å²) in [5.74, 6) is 0.863. The second-order valence-electron chi connectivity index (χ2n) is 4.59. The minimum Gasteiger partial charge on any atom is -0.293 e. The number of hydrogen-bond donors (Lipinski definition) is 0. The van der Waals surface area contributed by atoms with E-state index in [4.69, 9.17) is 0 Å². The van der Waals surface area contributed by atoms with Crippen LogP contribution in [0.1, 0.15) is 35.7 Å². The second-order valence-corrected chi connectivity index (χ2v) is 6.19. The molecule has 1 unspecified atom stereocenters. The summed E-state index contributed by atoms with van der Waals surface area (Å²) in [5.41, 5.74) is -0.358. The lowest BCUT2D eigenvalue weighted by Gasteiger charge is -2.21. The third kappa shape index (κ3) is 2.55. The Morgan fingerprint density at radius 1 is 1.28 bits per heavy atom. The first-order chi connectivity index (χ1) is 8.33.